The average molecular weight is 329 g/mol. The summed E-state index contributed by atoms with van der Waals surface area (Å²) in [7, 11) is 0. The zero-order valence-corrected chi connectivity index (χ0v) is 14.3. The Morgan fingerprint density at radius 1 is 1.32 bits per heavy atom. The quantitative estimate of drug-likeness (QED) is 0.812. The molecule has 2 aliphatic rings. The molecule has 0 bridgehead atoms. The van der Waals surface area contributed by atoms with E-state index in [1.165, 1.54) is 21.6 Å². The highest BCUT2D eigenvalue weighted by molar-refractivity contribution is 8.01. The topological polar surface area (TPSA) is 20.3 Å². The standard InChI is InChI=1S/C18H19NOS2/c1-12-4-5-13-10-17(22-16(13)9-12)18(20)19-7-2-3-15(19)14-6-8-21-11-14/h4-6,8-9,11,15,17H,2-3,7,10H2,1H3. The molecular formula is C18H19NOS2. The molecule has 3 heterocycles. The predicted octanol–water partition coefficient (Wildman–Crippen LogP) is 4.44. The van der Waals surface area contributed by atoms with E-state index in [-0.39, 0.29) is 5.25 Å². The van der Waals surface area contributed by atoms with Gasteiger partial charge in [0.1, 0.15) is 0 Å². The molecule has 0 aliphatic carbocycles. The number of carbonyl (C=O) groups is 1. The van der Waals surface area contributed by atoms with Gasteiger partial charge in [0.15, 0.2) is 0 Å². The predicted molar refractivity (Wildman–Crippen MR) is 92.5 cm³/mol. The Labute approximate surface area is 139 Å². The van der Waals surface area contributed by atoms with Crippen LogP contribution in [0.3, 0.4) is 0 Å². The molecule has 1 saturated heterocycles. The first-order valence-corrected chi connectivity index (χ1v) is 9.63. The van der Waals surface area contributed by atoms with Crippen LogP contribution >= 0.6 is 23.1 Å². The molecule has 1 aromatic heterocycles. The maximum Gasteiger partial charge on any atom is 0.236 e. The van der Waals surface area contributed by atoms with Gasteiger partial charge in [-0.2, -0.15) is 11.3 Å². The van der Waals surface area contributed by atoms with Gasteiger partial charge in [-0.3, -0.25) is 4.79 Å². The van der Waals surface area contributed by atoms with E-state index in [2.05, 4.69) is 46.8 Å². The number of benzene rings is 1. The molecule has 2 aromatic rings. The number of thioether (sulfide) groups is 1. The second-order valence-corrected chi connectivity index (χ2v) is 8.19. The van der Waals surface area contributed by atoms with Crippen molar-refractivity contribution in [3.63, 3.8) is 0 Å². The van der Waals surface area contributed by atoms with Gasteiger partial charge in [0.05, 0.1) is 11.3 Å². The zero-order chi connectivity index (χ0) is 15.1. The lowest BCUT2D eigenvalue weighted by atomic mass is 10.1. The first kappa shape index (κ1) is 14.3. The maximum atomic E-state index is 13.0. The number of amides is 1. The van der Waals surface area contributed by atoms with Crippen LogP contribution in [0.2, 0.25) is 0 Å². The number of hydrogen-bond donors (Lipinski definition) is 0. The molecule has 2 aliphatic heterocycles. The van der Waals surface area contributed by atoms with Crippen LogP contribution in [-0.4, -0.2) is 22.6 Å². The summed E-state index contributed by atoms with van der Waals surface area (Å²) >= 11 is 3.48. The van der Waals surface area contributed by atoms with Gasteiger partial charge in [-0.15, -0.1) is 11.8 Å². The number of fused-ring (bicyclic) bond motifs is 1. The molecule has 2 unspecified atom stereocenters. The Bertz CT molecular complexity index is 695. The Balaban J connectivity index is 1.53. The van der Waals surface area contributed by atoms with Gasteiger partial charge in [-0.25, -0.2) is 0 Å². The Hall–Kier alpha value is -1.26. The molecule has 2 atom stereocenters. The number of nitrogens with zero attached hydrogens (tertiary/aromatic N) is 1. The molecule has 4 rings (SSSR count). The lowest BCUT2D eigenvalue weighted by molar-refractivity contribution is -0.131. The molecule has 0 radical (unpaired) electrons. The summed E-state index contributed by atoms with van der Waals surface area (Å²) in [5, 5.41) is 4.37. The van der Waals surface area contributed by atoms with Gasteiger partial charge in [-0.05, 0) is 60.2 Å². The number of aryl methyl sites for hydroxylation is 1. The van der Waals surface area contributed by atoms with E-state index < -0.39 is 0 Å². The Morgan fingerprint density at radius 3 is 3.05 bits per heavy atom. The number of carbonyl (C=O) groups excluding carboxylic acids is 1. The third kappa shape index (κ3) is 2.48. The van der Waals surface area contributed by atoms with E-state index in [1.807, 2.05) is 0 Å². The van der Waals surface area contributed by atoms with Crippen LogP contribution in [0.25, 0.3) is 0 Å². The molecule has 1 amide bonds. The first-order valence-electron chi connectivity index (χ1n) is 7.81. The third-order valence-electron chi connectivity index (χ3n) is 4.64. The van der Waals surface area contributed by atoms with Gasteiger partial charge in [0.25, 0.3) is 0 Å². The Kier molecular flexibility index (Phi) is 3.74. The van der Waals surface area contributed by atoms with E-state index >= 15 is 0 Å². The second kappa shape index (κ2) is 5.74. The molecule has 0 spiro atoms. The molecule has 0 saturated carbocycles. The van der Waals surface area contributed by atoms with Crippen molar-refractivity contribution in [3.8, 4) is 0 Å². The smallest absolute Gasteiger partial charge is 0.236 e. The lowest BCUT2D eigenvalue weighted by Gasteiger charge is -2.26. The number of rotatable bonds is 2. The van der Waals surface area contributed by atoms with Gasteiger partial charge in [0, 0.05) is 11.4 Å². The fraction of sp³-hybridized carbons (Fsp3) is 0.389. The second-order valence-electron chi connectivity index (χ2n) is 6.17. The highest BCUT2D eigenvalue weighted by Gasteiger charge is 2.37. The summed E-state index contributed by atoms with van der Waals surface area (Å²) in [4.78, 5) is 16.4. The monoisotopic (exact) mass is 329 g/mol. The fourth-order valence-electron chi connectivity index (χ4n) is 3.50. The van der Waals surface area contributed by atoms with Crippen molar-refractivity contribution in [1.82, 2.24) is 4.90 Å². The summed E-state index contributed by atoms with van der Waals surface area (Å²) < 4.78 is 0. The summed E-state index contributed by atoms with van der Waals surface area (Å²) in [6, 6.07) is 9.01. The number of likely N-dealkylation sites (tertiary alicyclic amines) is 1. The van der Waals surface area contributed by atoms with Crippen LogP contribution in [0.15, 0.2) is 39.9 Å². The SMILES string of the molecule is Cc1ccc2c(c1)SC(C(=O)N1CCCC1c1ccsc1)C2. The molecule has 1 aromatic carbocycles. The molecule has 114 valence electrons. The highest BCUT2D eigenvalue weighted by atomic mass is 32.2. The molecule has 4 heteroatoms. The van der Waals surface area contributed by atoms with Crippen molar-refractivity contribution in [2.24, 2.45) is 0 Å². The molecule has 22 heavy (non-hydrogen) atoms. The minimum Gasteiger partial charge on any atom is -0.335 e. The minimum atomic E-state index is 0.0658. The van der Waals surface area contributed by atoms with E-state index in [0.29, 0.717) is 11.9 Å². The van der Waals surface area contributed by atoms with Crippen molar-refractivity contribution in [2.45, 2.75) is 42.4 Å². The van der Waals surface area contributed by atoms with Gasteiger partial charge in [0.2, 0.25) is 5.91 Å². The summed E-state index contributed by atoms with van der Waals surface area (Å²) in [6.07, 6.45) is 3.10. The number of thiophene rings is 1. The molecule has 0 N–H and O–H groups in total. The van der Waals surface area contributed by atoms with Crippen LogP contribution < -0.4 is 0 Å². The third-order valence-corrected chi connectivity index (χ3v) is 6.62. The number of hydrogen-bond acceptors (Lipinski definition) is 3. The van der Waals surface area contributed by atoms with Crippen molar-refractivity contribution in [2.75, 3.05) is 6.54 Å². The van der Waals surface area contributed by atoms with Crippen molar-refractivity contribution in [1.29, 1.82) is 0 Å². The zero-order valence-electron chi connectivity index (χ0n) is 12.6. The van der Waals surface area contributed by atoms with E-state index in [1.54, 1.807) is 23.1 Å². The van der Waals surface area contributed by atoms with Gasteiger partial charge in [-0.1, -0.05) is 17.7 Å². The van der Waals surface area contributed by atoms with E-state index in [9.17, 15) is 4.79 Å². The summed E-state index contributed by atoms with van der Waals surface area (Å²) in [6.45, 7) is 3.02. The van der Waals surface area contributed by atoms with E-state index in [0.717, 1.165) is 25.8 Å². The van der Waals surface area contributed by atoms with Crippen LogP contribution in [0, 0.1) is 6.92 Å². The van der Waals surface area contributed by atoms with Crippen molar-refractivity contribution in [3.05, 3.63) is 51.7 Å². The van der Waals surface area contributed by atoms with Crippen LogP contribution in [0.5, 0.6) is 0 Å². The van der Waals surface area contributed by atoms with Crippen LogP contribution in [0.1, 0.15) is 35.6 Å². The highest BCUT2D eigenvalue weighted by Crippen LogP contribution is 2.41. The van der Waals surface area contributed by atoms with Gasteiger partial charge < -0.3 is 4.90 Å². The van der Waals surface area contributed by atoms with Gasteiger partial charge >= 0.3 is 0 Å². The fourth-order valence-corrected chi connectivity index (χ4v) is 5.57. The van der Waals surface area contributed by atoms with E-state index in [4.69, 9.17) is 0 Å². The minimum absolute atomic E-state index is 0.0658. The summed E-state index contributed by atoms with van der Waals surface area (Å²) in [5.74, 6) is 0.326. The maximum absolute atomic E-state index is 13.0. The average Bonchev–Trinajstić information content (AvgIpc) is 3.24. The molecule has 1 fully saturated rings. The summed E-state index contributed by atoms with van der Waals surface area (Å²) in [5.41, 5.74) is 3.92. The van der Waals surface area contributed by atoms with Crippen LogP contribution in [-0.2, 0) is 11.2 Å². The Morgan fingerprint density at radius 2 is 2.23 bits per heavy atom. The molecule has 2 nitrogen and oxygen atoms in total. The van der Waals surface area contributed by atoms with Crippen molar-refractivity contribution < 1.29 is 4.79 Å². The largest absolute Gasteiger partial charge is 0.335 e. The normalized spacial score (nSPS) is 23.8. The molecular weight excluding hydrogens is 310 g/mol. The van der Waals surface area contributed by atoms with Crippen LogP contribution in [0.4, 0.5) is 0 Å². The lowest BCUT2D eigenvalue weighted by Crippen LogP contribution is -2.37. The first-order chi connectivity index (χ1) is 10.7. The van der Waals surface area contributed by atoms with Crippen molar-refractivity contribution >= 4 is 29.0 Å².